The van der Waals surface area contributed by atoms with Crippen molar-refractivity contribution >= 4 is 35.7 Å². The van der Waals surface area contributed by atoms with Crippen LogP contribution in [0.15, 0.2) is 24.3 Å². The highest BCUT2D eigenvalue weighted by Gasteiger charge is 2.23. The Balaban J connectivity index is 0.000000669. The summed E-state index contributed by atoms with van der Waals surface area (Å²) in [6, 6.07) is 0. The van der Waals surface area contributed by atoms with Crippen LogP contribution >= 0.6 is 0 Å². The summed E-state index contributed by atoms with van der Waals surface area (Å²) < 4.78 is 5.10. The van der Waals surface area contributed by atoms with Gasteiger partial charge in [-0.3, -0.25) is 33.8 Å². The van der Waals surface area contributed by atoms with Crippen LogP contribution in [0.25, 0.3) is 0 Å². The number of nitrogens with one attached hydrogen (secondary N) is 1. The number of nitrogens with zero attached hydrogens (tertiary/aromatic N) is 2. The lowest BCUT2D eigenvalue weighted by molar-refractivity contribution is -0.138. The Morgan fingerprint density at radius 2 is 1.10 bits per heavy atom. The van der Waals surface area contributed by atoms with E-state index in [4.69, 9.17) is 14.9 Å². The number of unbranched alkanes of at least 4 members (excludes halogenated alkanes) is 4. The molecule has 2 aliphatic heterocycles. The first-order valence-electron chi connectivity index (χ1n) is 13.4. The van der Waals surface area contributed by atoms with Crippen molar-refractivity contribution in [1.29, 1.82) is 0 Å². The molecule has 12 heteroatoms. The lowest BCUT2D eigenvalue weighted by Crippen LogP contribution is -2.33. The van der Waals surface area contributed by atoms with Crippen LogP contribution in [0, 0.1) is 0 Å². The number of hydrogen-bond acceptors (Lipinski definition) is 8. The van der Waals surface area contributed by atoms with Gasteiger partial charge in [-0.25, -0.2) is 4.79 Å². The van der Waals surface area contributed by atoms with Gasteiger partial charge in [0.15, 0.2) is 0 Å². The molecular weight excluding hydrogens is 522 g/mol. The molecule has 0 aromatic carbocycles. The highest BCUT2D eigenvalue weighted by atomic mass is 16.6. The largest absolute Gasteiger partial charge is 0.481 e. The number of carbonyl (C=O) groups is 6. The van der Waals surface area contributed by atoms with Gasteiger partial charge in [0.05, 0.1) is 5.60 Å². The van der Waals surface area contributed by atoms with E-state index in [1.54, 1.807) is 20.8 Å². The number of ether oxygens (including phenoxy) is 1. The van der Waals surface area contributed by atoms with Crippen LogP contribution in [0.1, 0.15) is 86.5 Å². The van der Waals surface area contributed by atoms with Crippen molar-refractivity contribution in [2.24, 2.45) is 0 Å². The molecule has 0 aromatic rings. The lowest BCUT2D eigenvalue weighted by atomic mass is 10.2. The monoisotopic (exact) mass is 567 g/mol. The summed E-state index contributed by atoms with van der Waals surface area (Å²) in [5.41, 5.74) is -0.993. The van der Waals surface area contributed by atoms with Crippen molar-refractivity contribution in [3.8, 4) is 0 Å². The van der Waals surface area contributed by atoms with E-state index in [0.29, 0.717) is 38.9 Å². The Bertz CT molecular complexity index is 902. The molecule has 0 bridgehead atoms. The summed E-state index contributed by atoms with van der Waals surface area (Å²) in [6.45, 7) is 12.0. The molecule has 0 unspecified atom stereocenters. The number of alkyl carbamates (subject to hydrolysis) is 1. The number of aliphatic carboxylic acids is 1. The molecule has 3 N–H and O–H groups in total. The first-order chi connectivity index (χ1) is 18.4. The van der Waals surface area contributed by atoms with Gasteiger partial charge < -0.3 is 20.3 Å². The molecular formula is C28H45N3O9. The number of carbonyl (C=O) groups excluding carboxylic acids is 5. The highest BCUT2D eigenvalue weighted by Crippen LogP contribution is 2.09. The van der Waals surface area contributed by atoms with Crippen LogP contribution in [0.5, 0.6) is 0 Å². The Labute approximate surface area is 236 Å². The Hall–Kier alpha value is -3.54. The molecule has 5 amide bonds. The van der Waals surface area contributed by atoms with Gasteiger partial charge in [-0.2, -0.15) is 0 Å². The van der Waals surface area contributed by atoms with Crippen LogP contribution in [0.2, 0.25) is 0 Å². The fourth-order valence-corrected chi connectivity index (χ4v) is 3.10. The lowest BCUT2D eigenvalue weighted by Gasteiger charge is -2.19. The van der Waals surface area contributed by atoms with Gasteiger partial charge in [0, 0.05) is 50.4 Å². The molecule has 0 spiro atoms. The van der Waals surface area contributed by atoms with Crippen molar-refractivity contribution in [3.63, 3.8) is 0 Å². The zero-order valence-corrected chi connectivity index (χ0v) is 24.5. The predicted molar refractivity (Wildman–Crippen MR) is 148 cm³/mol. The summed E-state index contributed by atoms with van der Waals surface area (Å²) in [4.78, 5) is 68.6. The smallest absolute Gasteiger partial charge is 0.407 e. The SMILES string of the molecule is CC(C)(C)O.CC(C)(C)OC(=O)NCCCCCN1C(=O)C=CC1=O.O=C(O)CCCCCN1C(=O)C=CC1=O. The van der Waals surface area contributed by atoms with Gasteiger partial charge in [-0.15, -0.1) is 0 Å². The molecule has 0 atom stereocenters. The Morgan fingerprint density at radius 3 is 1.45 bits per heavy atom. The molecule has 12 nitrogen and oxygen atoms in total. The summed E-state index contributed by atoms with van der Waals surface area (Å²) in [6.07, 6.45) is 9.07. The number of imide groups is 2. The number of amides is 5. The third kappa shape index (κ3) is 19.5. The minimum atomic E-state index is -0.815. The van der Waals surface area contributed by atoms with Gasteiger partial charge in [-0.1, -0.05) is 6.42 Å². The third-order valence-electron chi connectivity index (χ3n) is 4.80. The fraction of sp³-hybridized carbons (Fsp3) is 0.643. The molecule has 0 radical (unpaired) electrons. The van der Waals surface area contributed by atoms with Gasteiger partial charge >= 0.3 is 12.1 Å². The van der Waals surface area contributed by atoms with E-state index in [2.05, 4.69) is 5.32 Å². The molecule has 0 saturated heterocycles. The van der Waals surface area contributed by atoms with E-state index in [9.17, 15) is 28.8 Å². The van der Waals surface area contributed by atoms with E-state index >= 15 is 0 Å². The van der Waals surface area contributed by atoms with Crippen molar-refractivity contribution in [2.75, 3.05) is 19.6 Å². The first-order valence-corrected chi connectivity index (χ1v) is 13.4. The molecule has 2 heterocycles. The third-order valence-corrected chi connectivity index (χ3v) is 4.80. The minimum absolute atomic E-state index is 0.139. The Morgan fingerprint density at radius 1 is 0.725 bits per heavy atom. The minimum Gasteiger partial charge on any atom is -0.481 e. The second-order valence-corrected chi connectivity index (χ2v) is 11.2. The maximum absolute atomic E-state index is 11.3. The van der Waals surface area contributed by atoms with Crippen LogP contribution in [-0.4, -0.2) is 86.5 Å². The standard InChI is InChI=1S/C14H22N2O4.C10H13NO4.C4H10O/c1-14(2,3)20-13(19)15-9-5-4-6-10-16-11(17)7-8-12(16)18;12-8-5-6-9(13)11(8)7-3-1-2-4-10(14)15;1-4(2,3)5/h7-8H,4-6,9-10H2,1-3H3,(H,15,19);5-6H,1-4,7H2,(H,14,15);5H,1-3H3. The predicted octanol–water partition coefficient (Wildman–Crippen LogP) is 2.94. The fourth-order valence-electron chi connectivity index (χ4n) is 3.10. The molecule has 40 heavy (non-hydrogen) atoms. The zero-order valence-electron chi connectivity index (χ0n) is 24.5. The maximum Gasteiger partial charge on any atom is 0.407 e. The number of hydrogen-bond donors (Lipinski definition) is 3. The summed E-state index contributed by atoms with van der Waals surface area (Å²) >= 11 is 0. The van der Waals surface area contributed by atoms with Crippen LogP contribution < -0.4 is 5.32 Å². The normalized spacial score (nSPS) is 14.6. The van der Waals surface area contributed by atoms with Crippen LogP contribution in [0.4, 0.5) is 4.79 Å². The van der Waals surface area contributed by atoms with Crippen molar-refractivity contribution in [2.45, 2.75) is 97.7 Å². The highest BCUT2D eigenvalue weighted by molar-refractivity contribution is 6.13. The van der Waals surface area contributed by atoms with Gasteiger partial charge in [0.2, 0.25) is 0 Å². The molecule has 2 rings (SSSR count). The van der Waals surface area contributed by atoms with E-state index in [0.717, 1.165) is 19.3 Å². The second-order valence-electron chi connectivity index (χ2n) is 11.2. The average Bonchev–Trinajstić information content (AvgIpc) is 3.28. The number of carboxylic acids is 1. The van der Waals surface area contributed by atoms with Crippen molar-refractivity contribution in [1.82, 2.24) is 15.1 Å². The molecule has 2 aliphatic rings. The van der Waals surface area contributed by atoms with Crippen LogP contribution in [-0.2, 0) is 28.7 Å². The number of rotatable bonds is 12. The summed E-state index contributed by atoms with van der Waals surface area (Å²) in [5, 5.41) is 19.6. The average molecular weight is 568 g/mol. The first kappa shape index (κ1) is 36.5. The van der Waals surface area contributed by atoms with E-state index in [1.165, 1.54) is 34.1 Å². The molecule has 0 fully saturated rings. The van der Waals surface area contributed by atoms with E-state index in [-0.39, 0.29) is 30.0 Å². The van der Waals surface area contributed by atoms with E-state index < -0.39 is 23.3 Å². The quantitative estimate of drug-likeness (QED) is 0.237. The summed E-state index contributed by atoms with van der Waals surface area (Å²) in [7, 11) is 0. The Kier molecular flexibility index (Phi) is 16.3. The van der Waals surface area contributed by atoms with Crippen molar-refractivity contribution < 1.29 is 43.7 Å². The van der Waals surface area contributed by atoms with E-state index in [1.807, 2.05) is 20.8 Å². The topological polar surface area (TPSA) is 171 Å². The van der Waals surface area contributed by atoms with Crippen molar-refractivity contribution in [3.05, 3.63) is 24.3 Å². The van der Waals surface area contributed by atoms with Gasteiger partial charge in [-0.05, 0) is 73.6 Å². The second kappa shape index (κ2) is 17.9. The van der Waals surface area contributed by atoms with Crippen LogP contribution in [0.3, 0.4) is 0 Å². The molecule has 0 aliphatic carbocycles. The maximum atomic E-state index is 11.3. The zero-order chi connectivity index (χ0) is 30.9. The summed E-state index contributed by atoms with van der Waals surface area (Å²) in [5.74, 6) is -1.87. The van der Waals surface area contributed by atoms with Gasteiger partial charge in [0.25, 0.3) is 23.6 Å². The molecule has 0 saturated carbocycles. The number of aliphatic hydroxyl groups is 1. The molecule has 0 aromatic heterocycles. The van der Waals surface area contributed by atoms with Gasteiger partial charge in [0.1, 0.15) is 5.60 Å². The molecule has 226 valence electrons. The number of carboxylic acid groups (broad SMARTS) is 1.